The number of carbonyl (C=O) groups is 1. The molecule has 0 aliphatic rings. The zero-order chi connectivity index (χ0) is 11.7. The number of hydrogen-bond donors (Lipinski definition) is 2. The Bertz CT molecular complexity index is 530. The van der Waals surface area contributed by atoms with E-state index in [2.05, 4.69) is 20.5 Å². The Morgan fingerprint density at radius 1 is 1.50 bits per heavy atom. The molecule has 0 unspecified atom stereocenters. The summed E-state index contributed by atoms with van der Waals surface area (Å²) < 4.78 is 0. The van der Waals surface area contributed by atoms with Gasteiger partial charge in [-0.05, 0) is 26.8 Å². The van der Waals surface area contributed by atoms with E-state index in [1.54, 1.807) is 12.3 Å². The average Bonchev–Trinajstić information content (AvgIpc) is 2.59. The molecular weight excluding hydrogens is 204 g/mol. The highest BCUT2D eigenvalue weighted by molar-refractivity contribution is 5.97. The van der Waals surface area contributed by atoms with Gasteiger partial charge < -0.3 is 5.32 Å². The SMILES string of the molecule is Cc1[nH]nc2ncc(C(=O)NC(C)C)cc12. The first-order valence-corrected chi connectivity index (χ1v) is 5.19. The number of fused-ring (bicyclic) bond motifs is 1. The fourth-order valence-corrected chi connectivity index (χ4v) is 1.49. The second kappa shape index (κ2) is 3.92. The number of nitrogens with one attached hydrogen (secondary N) is 2. The summed E-state index contributed by atoms with van der Waals surface area (Å²) in [5.41, 5.74) is 2.12. The summed E-state index contributed by atoms with van der Waals surface area (Å²) >= 11 is 0. The van der Waals surface area contributed by atoms with Crippen LogP contribution in [0.25, 0.3) is 11.0 Å². The van der Waals surface area contributed by atoms with Crippen LogP contribution in [0.5, 0.6) is 0 Å². The lowest BCUT2D eigenvalue weighted by molar-refractivity contribution is 0.0943. The Balaban J connectivity index is 2.38. The number of aryl methyl sites for hydroxylation is 1. The summed E-state index contributed by atoms with van der Waals surface area (Å²) in [4.78, 5) is 15.9. The van der Waals surface area contributed by atoms with E-state index in [1.807, 2.05) is 20.8 Å². The molecule has 2 aromatic heterocycles. The van der Waals surface area contributed by atoms with Gasteiger partial charge in [0, 0.05) is 23.3 Å². The van der Waals surface area contributed by atoms with Crippen molar-refractivity contribution in [2.75, 3.05) is 0 Å². The number of pyridine rings is 1. The van der Waals surface area contributed by atoms with Gasteiger partial charge in [-0.1, -0.05) is 0 Å². The minimum atomic E-state index is -0.106. The number of H-pyrrole nitrogens is 1. The molecule has 0 fully saturated rings. The smallest absolute Gasteiger partial charge is 0.253 e. The molecular formula is C11H14N4O. The highest BCUT2D eigenvalue weighted by Gasteiger charge is 2.10. The Morgan fingerprint density at radius 3 is 2.94 bits per heavy atom. The van der Waals surface area contributed by atoms with Crippen molar-refractivity contribution < 1.29 is 4.79 Å². The fourth-order valence-electron chi connectivity index (χ4n) is 1.49. The van der Waals surface area contributed by atoms with Gasteiger partial charge in [0.25, 0.3) is 5.91 Å². The molecule has 2 heterocycles. The maximum absolute atomic E-state index is 11.8. The standard InChI is InChI=1S/C11H14N4O/c1-6(2)13-11(16)8-4-9-7(3)14-15-10(9)12-5-8/h4-6H,1-3H3,(H,13,16)(H,12,14,15). The van der Waals surface area contributed by atoms with Crippen LogP contribution in [0, 0.1) is 6.92 Å². The van der Waals surface area contributed by atoms with Crippen molar-refractivity contribution in [3.63, 3.8) is 0 Å². The maximum Gasteiger partial charge on any atom is 0.253 e. The first kappa shape index (κ1) is 10.6. The fraction of sp³-hybridized carbons (Fsp3) is 0.364. The summed E-state index contributed by atoms with van der Waals surface area (Å²) in [5, 5.41) is 10.6. The summed E-state index contributed by atoms with van der Waals surface area (Å²) in [6.45, 7) is 5.75. The van der Waals surface area contributed by atoms with E-state index in [0.717, 1.165) is 11.1 Å². The normalized spacial score (nSPS) is 11.0. The number of aromatic amines is 1. The lowest BCUT2D eigenvalue weighted by Gasteiger charge is -2.07. The number of hydrogen-bond acceptors (Lipinski definition) is 3. The Morgan fingerprint density at radius 2 is 2.25 bits per heavy atom. The van der Waals surface area contributed by atoms with E-state index in [-0.39, 0.29) is 11.9 Å². The lowest BCUT2D eigenvalue weighted by atomic mass is 10.2. The quantitative estimate of drug-likeness (QED) is 0.800. The van der Waals surface area contributed by atoms with Crippen molar-refractivity contribution >= 4 is 16.9 Å². The monoisotopic (exact) mass is 218 g/mol. The van der Waals surface area contributed by atoms with Gasteiger partial charge in [0.15, 0.2) is 5.65 Å². The molecule has 84 valence electrons. The minimum Gasteiger partial charge on any atom is -0.350 e. The van der Waals surface area contributed by atoms with Gasteiger partial charge >= 0.3 is 0 Å². The second-order valence-electron chi connectivity index (χ2n) is 4.07. The van der Waals surface area contributed by atoms with Crippen LogP contribution in [-0.2, 0) is 0 Å². The van der Waals surface area contributed by atoms with Gasteiger partial charge in [-0.3, -0.25) is 9.89 Å². The third-order valence-corrected chi connectivity index (χ3v) is 2.28. The van der Waals surface area contributed by atoms with Crippen molar-refractivity contribution in [1.82, 2.24) is 20.5 Å². The Kier molecular flexibility index (Phi) is 2.60. The average molecular weight is 218 g/mol. The number of rotatable bonds is 2. The number of amides is 1. The molecule has 0 bridgehead atoms. The van der Waals surface area contributed by atoms with E-state index in [1.165, 1.54) is 0 Å². The number of carbonyl (C=O) groups excluding carboxylic acids is 1. The van der Waals surface area contributed by atoms with E-state index < -0.39 is 0 Å². The van der Waals surface area contributed by atoms with Crippen LogP contribution >= 0.6 is 0 Å². The molecule has 2 rings (SSSR count). The lowest BCUT2D eigenvalue weighted by Crippen LogP contribution is -2.30. The van der Waals surface area contributed by atoms with E-state index in [0.29, 0.717) is 11.2 Å². The number of aromatic nitrogens is 3. The van der Waals surface area contributed by atoms with Crippen LogP contribution in [-0.4, -0.2) is 27.1 Å². The zero-order valence-electron chi connectivity index (χ0n) is 9.53. The predicted octanol–water partition coefficient (Wildman–Crippen LogP) is 1.40. The largest absolute Gasteiger partial charge is 0.350 e. The molecule has 0 atom stereocenters. The van der Waals surface area contributed by atoms with Crippen molar-refractivity contribution in [3.8, 4) is 0 Å². The molecule has 0 saturated heterocycles. The van der Waals surface area contributed by atoms with Gasteiger partial charge in [0.1, 0.15) is 0 Å². The first-order valence-electron chi connectivity index (χ1n) is 5.19. The molecule has 5 heteroatoms. The molecule has 0 radical (unpaired) electrons. The van der Waals surface area contributed by atoms with Gasteiger partial charge in [-0.25, -0.2) is 4.98 Å². The third kappa shape index (κ3) is 1.88. The van der Waals surface area contributed by atoms with E-state index in [9.17, 15) is 4.79 Å². The molecule has 2 aromatic rings. The van der Waals surface area contributed by atoms with Crippen LogP contribution in [0.1, 0.15) is 29.9 Å². The van der Waals surface area contributed by atoms with Crippen molar-refractivity contribution in [3.05, 3.63) is 23.5 Å². The predicted molar refractivity (Wildman–Crippen MR) is 61.2 cm³/mol. The summed E-state index contributed by atoms with van der Waals surface area (Å²) in [7, 11) is 0. The second-order valence-corrected chi connectivity index (χ2v) is 4.07. The molecule has 5 nitrogen and oxygen atoms in total. The van der Waals surface area contributed by atoms with Gasteiger partial charge in [-0.2, -0.15) is 5.10 Å². The minimum absolute atomic E-state index is 0.106. The molecule has 0 saturated carbocycles. The summed E-state index contributed by atoms with van der Waals surface area (Å²) in [5.74, 6) is -0.106. The van der Waals surface area contributed by atoms with Crippen LogP contribution in [0.3, 0.4) is 0 Å². The van der Waals surface area contributed by atoms with Crippen molar-refractivity contribution in [2.24, 2.45) is 0 Å². The third-order valence-electron chi connectivity index (χ3n) is 2.28. The van der Waals surface area contributed by atoms with Crippen molar-refractivity contribution in [2.45, 2.75) is 26.8 Å². The molecule has 0 aliphatic heterocycles. The topological polar surface area (TPSA) is 70.7 Å². The highest BCUT2D eigenvalue weighted by Crippen LogP contribution is 2.14. The molecule has 1 amide bonds. The van der Waals surface area contributed by atoms with Gasteiger partial charge in [-0.15, -0.1) is 0 Å². The zero-order valence-corrected chi connectivity index (χ0v) is 9.53. The number of nitrogens with zero attached hydrogens (tertiary/aromatic N) is 2. The maximum atomic E-state index is 11.8. The molecule has 16 heavy (non-hydrogen) atoms. The van der Waals surface area contributed by atoms with E-state index in [4.69, 9.17) is 0 Å². The van der Waals surface area contributed by atoms with E-state index >= 15 is 0 Å². The van der Waals surface area contributed by atoms with Crippen LogP contribution in [0.2, 0.25) is 0 Å². The first-order chi connectivity index (χ1) is 7.58. The van der Waals surface area contributed by atoms with Gasteiger partial charge in [0.2, 0.25) is 0 Å². The van der Waals surface area contributed by atoms with Crippen LogP contribution in [0.15, 0.2) is 12.3 Å². The summed E-state index contributed by atoms with van der Waals surface area (Å²) in [6, 6.07) is 1.92. The molecule has 2 N–H and O–H groups in total. The summed E-state index contributed by atoms with van der Waals surface area (Å²) in [6.07, 6.45) is 1.54. The molecule has 0 aromatic carbocycles. The Hall–Kier alpha value is -1.91. The molecule has 0 aliphatic carbocycles. The highest BCUT2D eigenvalue weighted by atomic mass is 16.1. The van der Waals surface area contributed by atoms with Crippen LogP contribution in [0.4, 0.5) is 0 Å². The molecule has 0 spiro atoms. The van der Waals surface area contributed by atoms with Crippen molar-refractivity contribution in [1.29, 1.82) is 0 Å². The van der Waals surface area contributed by atoms with Crippen LogP contribution < -0.4 is 5.32 Å². The van der Waals surface area contributed by atoms with Gasteiger partial charge in [0.05, 0.1) is 5.56 Å². The Labute approximate surface area is 93.3 Å².